The molecular weight excluding hydrogens is 288 g/mol. The summed E-state index contributed by atoms with van der Waals surface area (Å²) in [6.07, 6.45) is 7.03. The Morgan fingerprint density at radius 1 is 1.33 bits per heavy atom. The molecule has 0 radical (unpaired) electrons. The Kier molecular flexibility index (Phi) is 5.79. The van der Waals surface area contributed by atoms with Gasteiger partial charge < -0.3 is 10.4 Å². The molecule has 21 heavy (non-hydrogen) atoms. The maximum absolute atomic E-state index is 12.5. The fraction of sp³-hybridized carbons (Fsp3) is 0.867. The van der Waals surface area contributed by atoms with Crippen molar-refractivity contribution in [2.45, 2.75) is 69.8 Å². The van der Waals surface area contributed by atoms with Crippen molar-refractivity contribution in [2.24, 2.45) is 5.92 Å². The quantitative estimate of drug-likeness (QED) is 0.837. The Hall–Kier alpha value is -0.910. The minimum absolute atomic E-state index is 0.0741. The fourth-order valence-electron chi connectivity index (χ4n) is 3.46. The molecule has 0 aromatic rings. The average molecular weight is 314 g/mol. The van der Waals surface area contributed by atoms with Gasteiger partial charge in [-0.25, -0.2) is 9.59 Å². The first-order valence-corrected chi connectivity index (χ1v) is 9.02. The van der Waals surface area contributed by atoms with Crippen LogP contribution in [-0.2, 0) is 4.79 Å². The lowest BCUT2D eigenvalue weighted by molar-refractivity contribution is -0.141. The number of nitrogens with zero attached hydrogens (tertiary/aromatic N) is 1. The van der Waals surface area contributed by atoms with Crippen LogP contribution in [-0.4, -0.2) is 45.2 Å². The predicted molar refractivity (Wildman–Crippen MR) is 84.4 cm³/mol. The van der Waals surface area contributed by atoms with Crippen molar-refractivity contribution in [3.63, 3.8) is 0 Å². The summed E-state index contributed by atoms with van der Waals surface area (Å²) in [5, 5.41) is 12.3. The normalized spacial score (nSPS) is 28.4. The molecule has 1 saturated carbocycles. The van der Waals surface area contributed by atoms with Gasteiger partial charge in [0.25, 0.3) is 0 Å². The minimum atomic E-state index is -0.910. The van der Waals surface area contributed by atoms with E-state index in [9.17, 15) is 14.7 Å². The van der Waals surface area contributed by atoms with Crippen molar-refractivity contribution in [3.8, 4) is 0 Å². The molecule has 0 bridgehead atoms. The second kappa shape index (κ2) is 7.38. The summed E-state index contributed by atoms with van der Waals surface area (Å²) in [5.41, 5.74) is 0. The Bertz CT molecular complexity index is 385. The average Bonchev–Trinajstić information content (AvgIpc) is 2.87. The highest BCUT2D eigenvalue weighted by molar-refractivity contribution is 8.00. The van der Waals surface area contributed by atoms with Crippen molar-refractivity contribution in [3.05, 3.63) is 0 Å². The van der Waals surface area contributed by atoms with Gasteiger partial charge in [0.2, 0.25) is 0 Å². The van der Waals surface area contributed by atoms with Crippen molar-refractivity contribution in [1.29, 1.82) is 0 Å². The van der Waals surface area contributed by atoms with E-state index < -0.39 is 12.0 Å². The van der Waals surface area contributed by atoms with Gasteiger partial charge in [0.05, 0.1) is 5.37 Å². The van der Waals surface area contributed by atoms with E-state index in [1.54, 1.807) is 0 Å². The maximum atomic E-state index is 12.5. The highest BCUT2D eigenvalue weighted by Gasteiger charge is 2.40. The third kappa shape index (κ3) is 3.84. The van der Waals surface area contributed by atoms with Gasteiger partial charge >= 0.3 is 12.0 Å². The lowest BCUT2D eigenvalue weighted by Gasteiger charge is -2.33. The number of amides is 2. The maximum Gasteiger partial charge on any atom is 0.327 e. The first kappa shape index (κ1) is 16.5. The lowest BCUT2D eigenvalue weighted by atomic mass is 9.83. The first-order chi connectivity index (χ1) is 10.0. The molecule has 1 aliphatic carbocycles. The Morgan fingerprint density at radius 2 is 2.00 bits per heavy atom. The number of urea groups is 1. The number of thioether (sulfide) groups is 1. The second-order valence-corrected chi connectivity index (χ2v) is 7.41. The van der Waals surface area contributed by atoms with Gasteiger partial charge in [-0.15, -0.1) is 11.8 Å². The standard InChI is InChI=1S/C15H26N2O3S/c1-3-12(11-7-5-4-6-8-11)16-15(20)17-10(2)21-9-13(17)14(18)19/h10-13H,3-9H2,1-2H3,(H,16,20)(H,18,19). The molecule has 3 unspecified atom stereocenters. The van der Waals surface area contributed by atoms with Crippen LogP contribution in [0.2, 0.25) is 0 Å². The number of carboxylic acid groups (broad SMARTS) is 1. The molecule has 2 aliphatic rings. The van der Waals surface area contributed by atoms with Crippen LogP contribution < -0.4 is 5.32 Å². The zero-order chi connectivity index (χ0) is 15.4. The summed E-state index contributed by atoms with van der Waals surface area (Å²) in [6.45, 7) is 3.99. The van der Waals surface area contributed by atoms with E-state index in [2.05, 4.69) is 12.2 Å². The molecule has 0 aromatic heterocycles. The van der Waals surface area contributed by atoms with Crippen LogP contribution in [0.15, 0.2) is 0 Å². The zero-order valence-corrected chi connectivity index (χ0v) is 13.7. The lowest BCUT2D eigenvalue weighted by Crippen LogP contribution is -2.53. The van der Waals surface area contributed by atoms with E-state index in [0.717, 1.165) is 6.42 Å². The van der Waals surface area contributed by atoms with Gasteiger partial charge in [-0.2, -0.15) is 0 Å². The minimum Gasteiger partial charge on any atom is -0.480 e. The van der Waals surface area contributed by atoms with Crippen LogP contribution in [0.1, 0.15) is 52.4 Å². The third-order valence-electron chi connectivity index (χ3n) is 4.71. The first-order valence-electron chi connectivity index (χ1n) is 7.97. The fourth-order valence-corrected chi connectivity index (χ4v) is 4.63. The van der Waals surface area contributed by atoms with Gasteiger partial charge in [0.15, 0.2) is 0 Å². The molecule has 1 saturated heterocycles. The molecule has 5 nitrogen and oxygen atoms in total. The van der Waals surface area contributed by atoms with Crippen LogP contribution in [0.4, 0.5) is 4.79 Å². The Labute approximate surface area is 130 Å². The molecule has 3 atom stereocenters. The van der Waals surface area contributed by atoms with Crippen molar-refractivity contribution in [2.75, 3.05) is 5.75 Å². The van der Waals surface area contributed by atoms with Crippen molar-refractivity contribution >= 4 is 23.8 Å². The van der Waals surface area contributed by atoms with Gasteiger partial charge in [0, 0.05) is 11.8 Å². The van der Waals surface area contributed by atoms with E-state index >= 15 is 0 Å². The number of aliphatic carboxylic acids is 1. The number of hydrogen-bond donors (Lipinski definition) is 2. The topological polar surface area (TPSA) is 69.6 Å². The number of nitrogens with one attached hydrogen (secondary N) is 1. The van der Waals surface area contributed by atoms with Crippen LogP contribution >= 0.6 is 11.8 Å². The third-order valence-corrected chi connectivity index (χ3v) is 5.93. The SMILES string of the molecule is CCC(NC(=O)N1C(C)SCC1C(=O)O)C1CCCCC1. The molecule has 1 heterocycles. The predicted octanol–water partition coefficient (Wildman–Crippen LogP) is 2.90. The number of carbonyl (C=O) groups is 2. The summed E-state index contributed by atoms with van der Waals surface area (Å²) in [5.74, 6) is 0.110. The smallest absolute Gasteiger partial charge is 0.327 e. The van der Waals surface area contributed by atoms with Gasteiger partial charge in [-0.3, -0.25) is 4.90 Å². The van der Waals surface area contributed by atoms with E-state index in [1.165, 1.54) is 48.8 Å². The monoisotopic (exact) mass is 314 g/mol. The molecule has 1 aliphatic heterocycles. The van der Waals surface area contributed by atoms with Crippen LogP contribution in [0, 0.1) is 5.92 Å². The van der Waals surface area contributed by atoms with Crippen LogP contribution in [0.25, 0.3) is 0 Å². The molecule has 2 rings (SSSR count). The molecule has 0 aromatic carbocycles. The summed E-state index contributed by atoms with van der Waals surface area (Å²) in [6, 6.07) is -0.740. The summed E-state index contributed by atoms with van der Waals surface area (Å²) in [7, 11) is 0. The second-order valence-electron chi connectivity index (χ2n) is 6.06. The van der Waals surface area contributed by atoms with Gasteiger partial charge in [0.1, 0.15) is 6.04 Å². The van der Waals surface area contributed by atoms with Crippen molar-refractivity contribution in [1.82, 2.24) is 10.2 Å². The summed E-state index contributed by atoms with van der Waals surface area (Å²) in [4.78, 5) is 25.3. The summed E-state index contributed by atoms with van der Waals surface area (Å²) < 4.78 is 0. The largest absolute Gasteiger partial charge is 0.480 e. The summed E-state index contributed by atoms with van der Waals surface area (Å²) >= 11 is 1.52. The number of rotatable bonds is 4. The van der Waals surface area contributed by atoms with Gasteiger partial charge in [-0.1, -0.05) is 26.2 Å². The highest BCUT2D eigenvalue weighted by Crippen LogP contribution is 2.31. The molecule has 0 spiro atoms. The molecule has 2 amide bonds. The Morgan fingerprint density at radius 3 is 2.57 bits per heavy atom. The van der Waals surface area contributed by atoms with Gasteiger partial charge in [-0.05, 0) is 32.1 Å². The molecule has 2 fully saturated rings. The van der Waals surface area contributed by atoms with E-state index in [-0.39, 0.29) is 17.4 Å². The number of hydrogen-bond acceptors (Lipinski definition) is 3. The van der Waals surface area contributed by atoms with E-state index in [4.69, 9.17) is 0 Å². The van der Waals surface area contributed by atoms with Crippen LogP contribution in [0.3, 0.4) is 0 Å². The molecule has 2 N–H and O–H groups in total. The zero-order valence-electron chi connectivity index (χ0n) is 12.9. The van der Waals surface area contributed by atoms with E-state index in [1.807, 2.05) is 6.92 Å². The number of carbonyl (C=O) groups excluding carboxylic acids is 1. The van der Waals surface area contributed by atoms with E-state index in [0.29, 0.717) is 11.7 Å². The molecule has 6 heteroatoms. The number of carboxylic acids is 1. The molecule has 120 valence electrons. The Balaban J connectivity index is 1.99. The van der Waals surface area contributed by atoms with Crippen molar-refractivity contribution < 1.29 is 14.7 Å². The van der Waals surface area contributed by atoms with Crippen LogP contribution in [0.5, 0.6) is 0 Å². The highest BCUT2D eigenvalue weighted by atomic mass is 32.2. The molecular formula is C15H26N2O3S.